The van der Waals surface area contributed by atoms with Crippen LogP contribution in [0.4, 0.5) is 0 Å². The van der Waals surface area contributed by atoms with Gasteiger partial charge in [-0.2, -0.15) is 0 Å². The molecule has 0 heterocycles. The molecule has 1 rings (SSSR count). The molecule has 5 N–H and O–H groups in total. The highest BCUT2D eigenvalue weighted by molar-refractivity contribution is 5.74. The number of ether oxygens (including phenoxy) is 1. The Kier molecular flexibility index (Phi) is 13.7. The van der Waals surface area contributed by atoms with Crippen LogP contribution in [0.1, 0.15) is 11.7 Å². The summed E-state index contributed by atoms with van der Waals surface area (Å²) in [6.07, 6.45) is -1.24. The molecule has 1 unspecified atom stereocenters. The van der Waals surface area contributed by atoms with Gasteiger partial charge in [0.05, 0.1) is 32.8 Å². The average Bonchev–Trinajstić information content (AvgIpc) is 2.76. The maximum absolute atomic E-state index is 11.6. The van der Waals surface area contributed by atoms with Crippen LogP contribution in [0.15, 0.2) is 30.3 Å². The van der Waals surface area contributed by atoms with Crippen molar-refractivity contribution in [3.05, 3.63) is 35.9 Å². The van der Waals surface area contributed by atoms with Gasteiger partial charge in [-0.1, -0.05) is 30.3 Å². The number of hydrogen-bond donors (Lipinski definition) is 5. The van der Waals surface area contributed by atoms with Crippen LogP contribution in [0.2, 0.25) is 0 Å². The van der Waals surface area contributed by atoms with Crippen molar-refractivity contribution in [3.63, 3.8) is 0 Å². The van der Waals surface area contributed by atoms with Gasteiger partial charge < -0.3 is 30.3 Å². The molecule has 0 fully saturated rings. The fraction of sp³-hybridized carbons (Fsp3) is 0.500. The lowest BCUT2D eigenvalue weighted by Gasteiger charge is -2.28. The summed E-state index contributed by atoms with van der Waals surface area (Å²) in [6.45, 7) is -1.82. The molecule has 200 valence electrons. The SMILES string of the molecule is O=C(O)CN(CCOC(C(=O)O)c1ccccc1)CCN(CCN(CC(=O)O)CC(=O)O)CC(=O)O. The smallest absolute Gasteiger partial charge is 0.337 e. The Balaban J connectivity index is 2.74. The van der Waals surface area contributed by atoms with Gasteiger partial charge in [-0.3, -0.25) is 33.9 Å². The molecule has 0 aliphatic rings. The lowest BCUT2D eigenvalue weighted by Crippen LogP contribution is -2.45. The Morgan fingerprint density at radius 2 is 1.00 bits per heavy atom. The molecule has 0 amide bonds. The number of benzene rings is 1. The molecule has 0 saturated carbocycles. The van der Waals surface area contributed by atoms with Crippen molar-refractivity contribution in [2.24, 2.45) is 0 Å². The van der Waals surface area contributed by atoms with Gasteiger partial charge in [-0.05, 0) is 5.56 Å². The van der Waals surface area contributed by atoms with Gasteiger partial charge in [-0.25, -0.2) is 4.79 Å². The highest BCUT2D eigenvalue weighted by Crippen LogP contribution is 2.17. The Morgan fingerprint density at radius 1 is 0.611 bits per heavy atom. The maximum Gasteiger partial charge on any atom is 0.337 e. The van der Waals surface area contributed by atoms with Crippen LogP contribution >= 0.6 is 0 Å². The topological polar surface area (TPSA) is 205 Å². The Labute approximate surface area is 206 Å². The molecule has 0 aliphatic heterocycles. The fourth-order valence-corrected chi connectivity index (χ4v) is 3.32. The molecule has 0 aliphatic carbocycles. The Hall–Kier alpha value is -3.59. The van der Waals surface area contributed by atoms with E-state index in [0.717, 1.165) is 4.90 Å². The van der Waals surface area contributed by atoms with E-state index in [-0.39, 0.29) is 39.3 Å². The standard InChI is InChI=1S/C22H31N3O11/c26-17(27)12-23(8-9-25(14-19(30)31)15-20(32)33)6-7-24(13-18(28)29)10-11-36-21(22(34)35)16-4-2-1-3-5-16/h1-5,21H,6-15H2,(H,26,27)(H,28,29)(H,30,31)(H,32,33)(H,34,35). The monoisotopic (exact) mass is 513 g/mol. The second-order valence-corrected chi connectivity index (χ2v) is 7.84. The molecular weight excluding hydrogens is 482 g/mol. The summed E-state index contributed by atoms with van der Waals surface area (Å²) in [6, 6.07) is 8.24. The van der Waals surface area contributed by atoms with Crippen LogP contribution in [0.5, 0.6) is 0 Å². The molecule has 14 heteroatoms. The lowest BCUT2D eigenvalue weighted by molar-refractivity contribution is -0.151. The van der Waals surface area contributed by atoms with Crippen molar-refractivity contribution in [3.8, 4) is 0 Å². The molecule has 0 bridgehead atoms. The van der Waals surface area contributed by atoms with Gasteiger partial charge in [-0.15, -0.1) is 0 Å². The van der Waals surface area contributed by atoms with Crippen molar-refractivity contribution in [2.45, 2.75) is 6.10 Å². The molecule has 0 radical (unpaired) electrons. The molecule has 1 atom stereocenters. The van der Waals surface area contributed by atoms with E-state index in [1.54, 1.807) is 30.3 Å². The number of aliphatic carboxylic acids is 5. The first-order chi connectivity index (χ1) is 17.0. The summed E-state index contributed by atoms with van der Waals surface area (Å²) in [5.41, 5.74) is 0.426. The summed E-state index contributed by atoms with van der Waals surface area (Å²) >= 11 is 0. The molecule has 0 saturated heterocycles. The van der Waals surface area contributed by atoms with E-state index in [1.807, 2.05) is 0 Å². The highest BCUT2D eigenvalue weighted by Gasteiger charge is 2.22. The van der Waals surface area contributed by atoms with E-state index < -0.39 is 62.1 Å². The Bertz CT molecular complexity index is 865. The van der Waals surface area contributed by atoms with Crippen LogP contribution in [0.3, 0.4) is 0 Å². The quantitative estimate of drug-likeness (QED) is 0.143. The van der Waals surface area contributed by atoms with Gasteiger partial charge in [0.2, 0.25) is 0 Å². The Morgan fingerprint density at radius 3 is 1.42 bits per heavy atom. The fourth-order valence-electron chi connectivity index (χ4n) is 3.32. The van der Waals surface area contributed by atoms with Crippen LogP contribution in [-0.4, -0.2) is 136 Å². The first-order valence-corrected chi connectivity index (χ1v) is 10.9. The van der Waals surface area contributed by atoms with Crippen molar-refractivity contribution in [2.75, 3.05) is 65.5 Å². The second-order valence-electron chi connectivity index (χ2n) is 7.84. The minimum Gasteiger partial charge on any atom is -0.480 e. The lowest BCUT2D eigenvalue weighted by atomic mass is 10.1. The zero-order chi connectivity index (χ0) is 27.1. The first kappa shape index (κ1) is 30.4. The zero-order valence-corrected chi connectivity index (χ0v) is 19.6. The zero-order valence-electron chi connectivity index (χ0n) is 19.6. The van der Waals surface area contributed by atoms with Crippen molar-refractivity contribution in [1.82, 2.24) is 14.7 Å². The molecule has 0 spiro atoms. The first-order valence-electron chi connectivity index (χ1n) is 10.9. The number of carboxylic acids is 5. The van der Waals surface area contributed by atoms with Crippen LogP contribution in [0.25, 0.3) is 0 Å². The van der Waals surface area contributed by atoms with E-state index in [2.05, 4.69) is 0 Å². The highest BCUT2D eigenvalue weighted by atomic mass is 16.5. The summed E-state index contributed by atoms with van der Waals surface area (Å²) in [5.74, 6) is -5.98. The normalized spacial score (nSPS) is 12.1. The molecule has 1 aromatic carbocycles. The van der Waals surface area contributed by atoms with E-state index in [9.17, 15) is 39.3 Å². The third-order valence-electron chi connectivity index (χ3n) is 4.92. The van der Waals surface area contributed by atoms with Crippen LogP contribution in [-0.2, 0) is 28.7 Å². The number of carboxylic acid groups (broad SMARTS) is 5. The predicted octanol–water partition coefficient (Wildman–Crippen LogP) is -0.927. The predicted molar refractivity (Wildman–Crippen MR) is 123 cm³/mol. The number of rotatable bonds is 20. The molecule has 1 aromatic rings. The largest absolute Gasteiger partial charge is 0.480 e. The number of hydrogen-bond acceptors (Lipinski definition) is 9. The average molecular weight is 514 g/mol. The van der Waals surface area contributed by atoms with Gasteiger partial charge in [0, 0.05) is 32.7 Å². The van der Waals surface area contributed by atoms with E-state index in [0.29, 0.717) is 5.56 Å². The third-order valence-corrected chi connectivity index (χ3v) is 4.92. The van der Waals surface area contributed by atoms with E-state index in [1.165, 1.54) is 9.80 Å². The summed E-state index contributed by atoms with van der Waals surface area (Å²) in [5, 5.41) is 45.7. The van der Waals surface area contributed by atoms with Gasteiger partial charge in [0.1, 0.15) is 0 Å². The van der Waals surface area contributed by atoms with Crippen LogP contribution < -0.4 is 0 Å². The van der Waals surface area contributed by atoms with Gasteiger partial charge in [0.25, 0.3) is 0 Å². The van der Waals surface area contributed by atoms with Crippen molar-refractivity contribution in [1.29, 1.82) is 0 Å². The van der Waals surface area contributed by atoms with Gasteiger partial charge in [0.15, 0.2) is 6.10 Å². The minimum atomic E-state index is -1.24. The van der Waals surface area contributed by atoms with E-state index >= 15 is 0 Å². The van der Waals surface area contributed by atoms with Crippen molar-refractivity contribution < 1.29 is 54.2 Å². The molecular formula is C22H31N3O11. The minimum absolute atomic E-state index is 0.0271. The van der Waals surface area contributed by atoms with Gasteiger partial charge >= 0.3 is 29.8 Å². The van der Waals surface area contributed by atoms with Crippen LogP contribution in [0, 0.1) is 0 Å². The summed E-state index contributed by atoms with van der Waals surface area (Å²) < 4.78 is 5.47. The third kappa shape index (κ3) is 13.3. The summed E-state index contributed by atoms with van der Waals surface area (Å²) in [7, 11) is 0. The van der Waals surface area contributed by atoms with E-state index in [4.69, 9.17) is 14.9 Å². The maximum atomic E-state index is 11.6. The molecule has 0 aromatic heterocycles. The number of nitrogens with zero attached hydrogens (tertiary/aromatic N) is 3. The molecule has 14 nitrogen and oxygen atoms in total. The molecule has 36 heavy (non-hydrogen) atoms. The second kappa shape index (κ2) is 16.1. The number of carbonyl (C=O) groups is 5. The van der Waals surface area contributed by atoms with Crippen molar-refractivity contribution >= 4 is 29.8 Å². The summed E-state index contributed by atoms with van der Waals surface area (Å²) in [4.78, 5) is 60.0.